The average molecular weight is 461 g/mol. The van der Waals surface area contributed by atoms with Crippen LogP contribution in [0.4, 0.5) is 0 Å². The summed E-state index contributed by atoms with van der Waals surface area (Å²) in [6.45, 7) is 6.90. The number of nitrogens with one attached hydrogen (secondary N) is 2. The van der Waals surface area contributed by atoms with E-state index in [1.807, 2.05) is 17.9 Å². The highest BCUT2D eigenvalue weighted by Gasteiger charge is 2.06. The third kappa shape index (κ3) is 7.21. The normalized spacial score (nSPS) is 12.5. The molecule has 1 unspecified atom stereocenters. The standard InChI is InChI=1S/C17H27N5S.HI/c1-4-18-17(20-10-14(2)16-7-9-23-13-16)19-8-5-6-15-11-21-22(3)12-15;/h7,9,11-14H,4-6,8,10H2,1-3H3,(H2,18,19,20);1H. The zero-order valence-corrected chi connectivity index (χ0v) is 17.8. The molecule has 0 fully saturated rings. The Kier molecular flexibility index (Phi) is 10.0. The SMILES string of the molecule is CCNC(=NCC(C)c1ccsc1)NCCCc1cnn(C)c1.I. The summed E-state index contributed by atoms with van der Waals surface area (Å²) in [4.78, 5) is 4.70. The maximum Gasteiger partial charge on any atom is 0.191 e. The van der Waals surface area contributed by atoms with Crippen LogP contribution >= 0.6 is 35.3 Å². The van der Waals surface area contributed by atoms with Gasteiger partial charge < -0.3 is 10.6 Å². The lowest BCUT2D eigenvalue weighted by molar-refractivity contribution is 0.724. The quantitative estimate of drug-likeness (QED) is 0.274. The van der Waals surface area contributed by atoms with E-state index in [1.165, 1.54) is 11.1 Å². The highest BCUT2D eigenvalue weighted by Crippen LogP contribution is 2.18. The summed E-state index contributed by atoms with van der Waals surface area (Å²) in [5, 5.41) is 15.2. The minimum atomic E-state index is 0. The molecule has 1 atom stereocenters. The number of hydrogen-bond acceptors (Lipinski definition) is 3. The Hall–Kier alpha value is -1.09. The van der Waals surface area contributed by atoms with E-state index in [0.29, 0.717) is 5.92 Å². The zero-order valence-electron chi connectivity index (χ0n) is 14.7. The van der Waals surface area contributed by atoms with E-state index in [4.69, 9.17) is 4.99 Å². The number of guanidine groups is 1. The Morgan fingerprint density at radius 1 is 1.42 bits per heavy atom. The lowest BCUT2D eigenvalue weighted by Crippen LogP contribution is -2.38. The summed E-state index contributed by atoms with van der Waals surface area (Å²) in [6, 6.07) is 2.18. The van der Waals surface area contributed by atoms with Crippen LogP contribution in [-0.4, -0.2) is 35.4 Å². The van der Waals surface area contributed by atoms with Gasteiger partial charge in [-0.1, -0.05) is 6.92 Å². The summed E-state index contributed by atoms with van der Waals surface area (Å²) in [6.07, 6.45) is 6.10. The lowest BCUT2D eigenvalue weighted by Gasteiger charge is -2.13. The van der Waals surface area contributed by atoms with E-state index in [-0.39, 0.29) is 24.0 Å². The number of nitrogens with zero attached hydrogens (tertiary/aromatic N) is 3. The molecule has 5 nitrogen and oxygen atoms in total. The highest BCUT2D eigenvalue weighted by molar-refractivity contribution is 14.0. The Morgan fingerprint density at radius 3 is 2.88 bits per heavy atom. The van der Waals surface area contributed by atoms with E-state index in [9.17, 15) is 0 Å². The van der Waals surface area contributed by atoms with Crippen molar-refractivity contribution < 1.29 is 0 Å². The largest absolute Gasteiger partial charge is 0.357 e. The molecular weight excluding hydrogens is 433 g/mol. The second-order valence-corrected chi connectivity index (χ2v) is 6.51. The topological polar surface area (TPSA) is 54.2 Å². The van der Waals surface area contributed by atoms with Crippen molar-refractivity contribution in [1.29, 1.82) is 0 Å². The van der Waals surface area contributed by atoms with Gasteiger partial charge in [0.1, 0.15) is 0 Å². The van der Waals surface area contributed by atoms with Gasteiger partial charge in [0.05, 0.1) is 6.20 Å². The number of thiophene rings is 1. The predicted molar refractivity (Wildman–Crippen MR) is 114 cm³/mol. The third-order valence-electron chi connectivity index (χ3n) is 3.67. The summed E-state index contributed by atoms with van der Waals surface area (Å²) >= 11 is 1.74. The molecule has 2 rings (SSSR count). The number of halogens is 1. The molecule has 0 saturated heterocycles. The first-order chi connectivity index (χ1) is 11.2. The van der Waals surface area contributed by atoms with Gasteiger partial charge in [0, 0.05) is 38.8 Å². The molecule has 0 aromatic carbocycles. The van der Waals surface area contributed by atoms with Gasteiger partial charge in [-0.05, 0) is 47.7 Å². The molecule has 2 N–H and O–H groups in total. The Labute approximate surface area is 166 Å². The van der Waals surface area contributed by atoms with Gasteiger partial charge in [0.2, 0.25) is 0 Å². The van der Waals surface area contributed by atoms with Gasteiger partial charge >= 0.3 is 0 Å². The summed E-state index contributed by atoms with van der Waals surface area (Å²) in [5.74, 6) is 1.35. The van der Waals surface area contributed by atoms with Crippen LogP contribution in [0.25, 0.3) is 0 Å². The van der Waals surface area contributed by atoms with Crippen molar-refractivity contribution in [3.05, 3.63) is 40.3 Å². The van der Waals surface area contributed by atoms with Crippen molar-refractivity contribution in [3.63, 3.8) is 0 Å². The van der Waals surface area contributed by atoms with Crippen LogP contribution in [0.3, 0.4) is 0 Å². The van der Waals surface area contributed by atoms with E-state index >= 15 is 0 Å². The lowest BCUT2D eigenvalue weighted by atomic mass is 10.1. The van der Waals surface area contributed by atoms with Gasteiger partial charge in [-0.15, -0.1) is 24.0 Å². The molecule has 0 aliphatic carbocycles. The first-order valence-electron chi connectivity index (χ1n) is 8.20. The van der Waals surface area contributed by atoms with E-state index in [1.54, 1.807) is 11.3 Å². The van der Waals surface area contributed by atoms with Crippen molar-refractivity contribution in [1.82, 2.24) is 20.4 Å². The highest BCUT2D eigenvalue weighted by atomic mass is 127. The minimum absolute atomic E-state index is 0. The summed E-state index contributed by atoms with van der Waals surface area (Å²) in [5.41, 5.74) is 2.65. The van der Waals surface area contributed by atoms with Crippen molar-refractivity contribution in [3.8, 4) is 0 Å². The molecular formula is C17H28IN5S. The second-order valence-electron chi connectivity index (χ2n) is 5.73. The molecule has 0 saturated carbocycles. The zero-order chi connectivity index (χ0) is 16.5. The monoisotopic (exact) mass is 461 g/mol. The van der Waals surface area contributed by atoms with Crippen molar-refractivity contribution in [2.45, 2.75) is 32.6 Å². The fourth-order valence-corrected chi connectivity index (χ4v) is 3.11. The minimum Gasteiger partial charge on any atom is -0.357 e. The van der Waals surface area contributed by atoms with Crippen molar-refractivity contribution in [2.75, 3.05) is 19.6 Å². The van der Waals surface area contributed by atoms with Crippen molar-refractivity contribution in [2.24, 2.45) is 12.0 Å². The van der Waals surface area contributed by atoms with Crippen LogP contribution in [0.1, 0.15) is 37.3 Å². The second kappa shape index (κ2) is 11.5. The van der Waals surface area contributed by atoms with E-state index in [2.05, 4.69) is 52.6 Å². The molecule has 0 amide bonds. The van der Waals surface area contributed by atoms with E-state index in [0.717, 1.165) is 38.4 Å². The fraction of sp³-hybridized carbons (Fsp3) is 0.529. The predicted octanol–water partition coefficient (Wildman–Crippen LogP) is 3.39. The molecule has 0 spiro atoms. The van der Waals surface area contributed by atoms with Crippen molar-refractivity contribution >= 4 is 41.3 Å². The number of aliphatic imine (C=N–C) groups is 1. The average Bonchev–Trinajstić information content (AvgIpc) is 3.20. The molecule has 24 heavy (non-hydrogen) atoms. The van der Waals surface area contributed by atoms with Gasteiger partial charge in [0.25, 0.3) is 0 Å². The molecule has 0 bridgehead atoms. The molecule has 0 aliphatic rings. The fourth-order valence-electron chi connectivity index (χ4n) is 2.33. The van der Waals surface area contributed by atoms with Crippen LogP contribution in [0.5, 0.6) is 0 Å². The third-order valence-corrected chi connectivity index (χ3v) is 4.37. The number of aryl methyl sites for hydroxylation is 2. The van der Waals surface area contributed by atoms with Crippen LogP contribution in [0, 0.1) is 0 Å². The van der Waals surface area contributed by atoms with Gasteiger partial charge in [-0.3, -0.25) is 9.67 Å². The van der Waals surface area contributed by atoms with Crippen LogP contribution < -0.4 is 10.6 Å². The molecule has 2 heterocycles. The van der Waals surface area contributed by atoms with Crippen LogP contribution in [0.2, 0.25) is 0 Å². The van der Waals surface area contributed by atoms with Gasteiger partial charge in [0.15, 0.2) is 5.96 Å². The summed E-state index contributed by atoms with van der Waals surface area (Å²) in [7, 11) is 1.95. The molecule has 134 valence electrons. The first-order valence-corrected chi connectivity index (χ1v) is 9.15. The maximum atomic E-state index is 4.70. The summed E-state index contributed by atoms with van der Waals surface area (Å²) < 4.78 is 1.85. The Bertz CT molecular complexity index is 594. The molecule has 2 aromatic rings. The number of hydrogen-bond donors (Lipinski definition) is 2. The smallest absolute Gasteiger partial charge is 0.191 e. The maximum absolute atomic E-state index is 4.70. The van der Waals surface area contributed by atoms with E-state index < -0.39 is 0 Å². The van der Waals surface area contributed by atoms with Gasteiger partial charge in [-0.2, -0.15) is 16.4 Å². The molecule has 0 radical (unpaired) electrons. The number of aromatic nitrogens is 2. The van der Waals surface area contributed by atoms with Crippen LogP contribution in [-0.2, 0) is 13.5 Å². The van der Waals surface area contributed by atoms with Crippen LogP contribution in [0.15, 0.2) is 34.2 Å². The first kappa shape index (κ1) is 21.0. The number of rotatable bonds is 8. The Balaban J connectivity index is 0.00000288. The van der Waals surface area contributed by atoms with Gasteiger partial charge in [-0.25, -0.2) is 0 Å². The molecule has 0 aliphatic heterocycles. The molecule has 7 heteroatoms. The Morgan fingerprint density at radius 2 is 2.25 bits per heavy atom. The molecule has 2 aromatic heterocycles.